The van der Waals surface area contributed by atoms with E-state index in [0.29, 0.717) is 22.7 Å². The molecule has 3 rings (SSSR count). The van der Waals surface area contributed by atoms with Gasteiger partial charge < -0.3 is 4.74 Å². The lowest BCUT2D eigenvalue weighted by atomic mass is 10.1. The highest BCUT2D eigenvalue weighted by Crippen LogP contribution is 2.23. The van der Waals surface area contributed by atoms with E-state index in [1.54, 1.807) is 7.05 Å². The second-order valence-corrected chi connectivity index (χ2v) is 4.25. The van der Waals surface area contributed by atoms with Crippen LogP contribution in [0.4, 0.5) is 0 Å². The van der Waals surface area contributed by atoms with E-state index in [1.165, 1.54) is 17.9 Å². The number of ether oxygens (including phenoxy) is 1. The summed E-state index contributed by atoms with van der Waals surface area (Å²) >= 11 is 0. The van der Waals surface area contributed by atoms with Crippen molar-refractivity contribution in [2.24, 2.45) is 7.05 Å². The molecular formula is C14H12N4O2. The molecule has 0 N–H and O–H groups in total. The van der Waals surface area contributed by atoms with Crippen LogP contribution in [0.15, 0.2) is 41.3 Å². The Kier molecular flexibility index (Phi) is 2.90. The first-order valence-electron chi connectivity index (χ1n) is 6.04. The average molecular weight is 268 g/mol. The third-order valence-electron chi connectivity index (χ3n) is 3.02. The molecule has 0 unspecified atom stereocenters. The largest absolute Gasteiger partial charge is 0.480 e. The highest BCUT2D eigenvalue weighted by atomic mass is 16.5. The lowest BCUT2D eigenvalue weighted by Gasteiger charge is -2.08. The number of fused-ring (bicyclic) bond motifs is 1. The molecule has 6 nitrogen and oxygen atoms in total. The Hall–Kier alpha value is -2.76. The number of hydrogen-bond acceptors (Lipinski definition) is 5. The van der Waals surface area contributed by atoms with Crippen LogP contribution in [0.5, 0.6) is 5.88 Å². The van der Waals surface area contributed by atoms with Crippen LogP contribution in [0.3, 0.4) is 0 Å². The molecule has 100 valence electrons. The van der Waals surface area contributed by atoms with Gasteiger partial charge in [-0.25, -0.2) is 14.8 Å². The van der Waals surface area contributed by atoms with Gasteiger partial charge in [0.25, 0.3) is 0 Å². The van der Waals surface area contributed by atoms with E-state index in [9.17, 15) is 4.79 Å². The third kappa shape index (κ3) is 1.91. The molecular weight excluding hydrogens is 256 g/mol. The Labute approximate surface area is 114 Å². The SMILES string of the molecule is COc1cnc2c(n1)c(-c1ccccc1)nc(=O)n2C. The number of benzene rings is 1. The van der Waals surface area contributed by atoms with Crippen LogP contribution in [0.25, 0.3) is 22.4 Å². The number of aryl methyl sites for hydroxylation is 1. The summed E-state index contributed by atoms with van der Waals surface area (Å²) in [6, 6.07) is 9.42. The van der Waals surface area contributed by atoms with Crippen LogP contribution in [0.1, 0.15) is 0 Å². The van der Waals surface area contributed by atoms with Crippen LogP contribution in [0, 0.1) is 0 Å². The molecule has 20 heavy (non-hydrogen) atoms. The third-order valence-corrected chi connectivity index (χ3v) is 3.02. The summed E-state index contributed by atoms with van der Waals surface area (Å²) in [5.74, 6) is 0.384. The standard InChI is InChI=1S/C14H12N4O2/c1-18-13-12(16-10(20-2)8-15-13)11(17-14(18)19)9-6-4-3-5-7-9/h3-8H,1-2H3. The highest BCUT2D eigenvalue weighted by Gasteiger charge is 2.13. The Bertz CT molecular complexity index is 828. The molecule has 0 aliphatic rings. The van der Waals surface area contributed by atoms with Crippen molar-refractivity contribution >= 4 is 11.2 Å². The zero-order chi connectivity index (χ0) is 14.1. The van der Waals surface area contributed by atoms with Gasteiger partial charge in [-0.1, -0.05) is 30.3 Å². The predicted molar refractivity (Wildman–Crippen MR) is 74.6 cm³/mol. The quantitative estimate of drug-likeness (QED) is 0.702. The van der Waals surface area contributed by atoms with Crippen LogP contribution in [-0.2, 0) is 7.05 Å². The summed E-state index contributed by atoms with van der Waals surface area (Å²) in [5, 5.41) is 0. The molecule has 1 aromatic carbocycles. The van der Waals surface area contributed by atoms with Crippen LogP contribution in [0.2, 0.25) is 0 Å². The van der Waals surface area contributed by atoms with Crippen molar-refractivity contribution in [3.8, 4) is 17.1 Å². The van der Waals surface area contributed by atoms with E-state index in [2.05, 4.69) is 15.0 Å². The van der Waals surface area contributed by atoms with Crippen molar-refractivity contribution in [3.05, 3.63) is 47.0 Å². The second kappa shape index (κ2) is 4.73. The van der Waals surface area contributed by atoms with Gasteiger partial charge in [-0.15, -0.1) is 0 Å². The Morgan fingerprint density at radius 3 is 2.60 bits per heavy atom. The van der Waals surface area contributed by atoms with Gasteiger partial charge in [0.1, 0.15) is 11.2 Å². The molecule has 0 saturated carbocycles. The molecule has 0 fully saturated rings. The number of aromatic nitrogens is 4. The molecule has 0 saturated heterocycles. The van der Waals surface area contributed by atoms with E-state index in [-0.39, 0.29) is 5.69 Å². The minimum Gasteiger partial charge on any atom is -0.480 e. The number of methoxy groups -OCH3 is 1. The smallest absolute Gasteiger partial charge is 0.349 e. The fourth-order valence-electron chi connectivity index (χ4n) is 1.98. The summed E-state index contributed by atoms with van der Waals surface area (Å²) in [5.41, 5.74) is 1.98. The van der Waals surface area contributed by atoms with E-state index in [4.69, 9.17) is 4.74 Å². The van der Waals surface area contributed by atoms with E-state index in [1.807, 2.05) is 30.3 Å². The molecule has 0 aliphatic heterocycles. The molecule has 2 aromatic heterocycles. The molecule has 0 amide bonds. The number of nitrogens with zero attached hydrogens (tertiary/aromatic N) is 4. The summed E-state index contributed by atoms with van der Waals surface area (Å²) in [4.78, 5) is 24.6. The fraction of sp³-hybridized carbons (Fsp3) is 0.143. The zero-order valence-electron chi connectivity index (χ0n) is 11.1. The van der Waals surface area contributed by atoms with Crippen molar-refractivity contribution in [2.75, 3.05) is 7.11 Å². The van der Waals surface area contributed by atoms with Gasteiger partial charge in [-0.05, 0) is 0 Å². The lowest BCUT2D eigenvalue weighted by molar-refractivity contribution is 0.397. The molecule has 0 spiro atoms. The average Bonchev–Trinajstić information content (AvgIpc) is 2.51. The highest BCUT2D eigenvalue weighted by molar-refractivity contribution is 5.86. The van der Waals surface area contributed by atoms with Crippen molar-refractivity contribution in [2.45, 2.75) is 0 Å². The van der Waals surface area contributed by atoms with E-state index >= 15 is 0 Å². The summed E-state index contributed by atoms with van der Waals surface area (Å²) in [6.07, 6.45) is 1.48. The van der Waals surface area contributed by atoms with E-state index < -0.39 is 0 Å². The Morgan fingerprint density at radius 2 is 1.90 bits per heavy atom. The monoisotopic (exact) mass is 268 g/mol. The summed E-state index contributed by atoms with van der Waals surface area (Å²) in [7, 11) is 3.14. The van der Waals surface area contributed by atoms with Gasteiger partial charge >= 0.3 is 5.69 Å². The van der Waals surface area contributed by atoms with Gasteiger partial charge in [-0.2, -0.15) is 4.98 Å². The van der Waals surface area contributed by atoms with Gasteiger partial charge in [0, 0.05) is 12.6 Å². The van der Waals surface area contributed by atoms with Gasteiger partial charge in [0.05, 0.1) is 13.3 Å². The van der Waals surface area contributed by atoms with Gasteiger partial charge in [0.2, 0.25) is 5.88 Å². The topological polar surface area (TPSA) is 69.9 Å². The van der Waals surface area contributed by atoms with Crippen molar-refractivity contribution in [1.29, 1.82) is 0 Å². The van der Waals surface area contributed by atoms with Crippen LogP contribution < -0.4 is 10.4 Å². The van der Waals surface area contributed by atoms with Crippen LogP contribution in [-0.4, -0.2) is 26.6 Å². The maximum absolute atomic E-state index is 11.9. The fourth-order valence-corrected chi connectivity index (χ4v) is 1.98. The molecule has 2 heterocycles. The molecule has 0 radical (unpaired) electrons. The Morgan fingerprint density at radius 1 is 1.15 bits per heavy atom. The van der Waals surface area contributed by atoms with Crippen molar-refractivity contribution in [3.63, 3.8) is 0 Å². The Balaban J connectivity index is 2.42. The van der Waals surface area contributed by atoms with E-state index in [0.717, 1.165) is 5.56 Å². The molecule has 6 heteroatoms. The maximum atomic E-state index is 11.9. The summed E-state index contributed by atoms with van der Waals surface area (Å²) < 4.78 is 6.46. The van der Waals surface area contributed by atoms with Gasteiger partial charge in [0.15, 0.2) is 5.65 Å². The first-order chi connectivity index (χ1) is 9.70. The lowest BCUT2D eigenvalue weighted by Crippen LogP contribution is -2.22. The molecule has 0 aliphatic carbocycles. The van der Waals surface area contributed by atoms with Gasteiger partial charge in [-0.3, -0.25) is 4.57 Å². The zero-order valence-corrected chi connectivity index (χ0v) is 11.1. The number of rotatable bonds is 2. The first-order valence-corrected chi connectivity index (χ1v) is 6.04. The minimum absolute atomic E-state index is 0.365. The molecule has 0 atom stereocenters. The second-order valence-electron chi connectivity index (χ2n) is 4.25. The molecule has 0 bridgehead atoms. The summed E-state index contributed by atoms with van der Waals surface area (Å²) in [6.45, 7) is 0. The minimum atomic E-state index is -0.365. The first kappa shape index (κ1) is 12.3. The maximum Gasteiger partial charge on any atom is 0.349 e. The number of hydrogen-bond donors (Lipinski definition) is 0. The predicted octanol–water partition coefficient (Wildman–Crippen LogP) is 1.40. The van der Waals surface area contributed by atoms with Crippen molar-refractivity contribution < 1.29 is 4.74 Å². The molecule has 3 aromatic rings. The van der Waals surface area contributed by atoms with Crippen LogP contribution >= 0.6 is 0 Å². The van der Waals surface area contributed by atoms with Crippen molar-refractivity contribution in [1.82, 2.24) is 19.5 Å². The normalized spacial score (nSPS) is 10.7.